The van der Waals surface area contributed by atoms with Gasteiger partial charge in [-0.15, -0.1) is 0 Å². The molecule has 4 atom stereocenters. The lowest BCUT2D eigenvalue weighted by atomic mass is 9.80. The molecule has 2 aliphatic rings. The molecule has 2 fully saturated rings. The van der Waals surface area contributed by atoms with Crippen molar-refractivity contribution in [3.63, 3.8) is 0 Å². The first kappa shape index (κ1) is 14.3. The molecule has 0 bridgehead atoms. The van der Waals surface area contributed by atoms with Gasteiger partial charge >= 0.3 is 0 Å². The first-order valence-corrected chi connectivity index (χ1v) is 7.77. The van der Waals surface area contributed by atoms with Gasteiger partial charge in [-0.05, 0) is 58.7 Å². The molecule has 1 saturated heterocycles. The lowest BCUT2D eigenvalue weighted by molar-refractivity contribution is 0.0550. The van der Waals surface area contributed by atoms with Crippen molar-refractivity contribution >= 4 is 0 Å². The summed E-state index contributed by atoms with van der Waals surface area (Å²) in [7, 11) is 4.42. The van der Waals surface area contributed by atoms with E-state index in [1.54, 1.807) is 0 Å². The lowest BCUT2D eigenvalue weighted by Gasteiger charge is -2.45. The zero-order valence-corrected chi connectivity index (χ0v) is 12.4. The van der Waals surface area contributed by atoms with Crippen molar-refractivity contribution in [3.8, 4) is 0 Å². The van der Waals surface area contributed by atoms with E-state index in [-0.39, 0.29) is 0 Å². The van der Waals surface area contributed by atoms with E-state index in [1.807, 2.05) is 0 Å². The molecule has 106 valence electrons. The second-order valence-corrected chi connectivity index (χ2v) is 6.57. The number of hydrogen-bond acceptors (Lipinski definition) is 3. The van der Waals surface area contributed by atoms with E-state index < -0.39 is 0 Å². The third-order valence-corrected chi connectivity index (χ3v) is 5.18. The molecule has 18 heavy (non-hydrogen) atoms. The van der Waals surface area contributed by atoms with Crippen molar-refractivity contribution in [2.75, 3.05) is 27.2 Å². The van der Waals surface area contributed by atoms with Gasteiger partial charge in [0, 0.05) is 24.7 Å². The predicted octanol–water partition coefficient (Wildman–Crippen LogP) is 1.92. The summed E-state index contributed by atoms with van der Waals surface area (Å²) in [4.78, 5) is 5.08. The molecule has 2 rings (SSSR count). The molecule has 1 heterocycles. The molecule has 0 aromatic heterocycles. The summed E-state index contributed by atoms with van der Waals surface area (Å²) in [6.45, 7) is 4.82. The van der Waals surface area contributed by atoms with Crippen LogP contribution in [-0.2, 0) is 0 Å². The number of piperidine rings is 1. The minimum absolute atomic E-state index is 0.411. The average Bonchev–Trinajstić information content (AvgIpc) is 2.39. The van der Waals surface area contributed by atoms with Crippen LogP contribution >= 0.6 is 0 Å². The fourth-order valence-corrected chi connectivity index (χ4v) is 3.75. The average molecular weight is 253 g/mol. The largest absolute Gasteiger partial charge is 0.326 e. The third kappa shape index (κ3) is 3.25. The maximum absolute atomic E-state index is 6.39. The predicted molar refractivity (Wildman–Crippen MR) is 77.7 cm³/mol. The molecular formula is C15H31N3. The van der Waals surface area contributed by atoms with Crippen LogP contribution in [0.5, 0.6) is 0 Å². The minimum atomic E-state index is 0.411. The van der Waals surface area contributed by atoms with E-state index in [4.69, 9.17) is 5.73 Å². The maximum atomic E-state index is 6.39. The number of rotatable bonds is 3. The van der Waals surface area contributed by atoms with Crippen molar-refractivity contribution in [3.05, 3.63) is 0 Å². The molecular weight excluding hydrogens is 222 g/mol. The Labute approximate surface area is 113 Å². The van der Waals surface area contributed by atoms with Crippen molar-refractivity contribution < 1.29 is 0 Å². The number of hydrogen-bond donors (Lipinski definition) is 1. The standard InChI is InChI=1S/C15H31N3/c1-4-12-7-8-14(16)15(10-12)18-9-5-6-13(11-18)17(2)3/h12-15H,4-11,16H2,1-3H3. The van der Waals surface area contributed by atoms with Gasteiger partial charge in [0.05, 0.1) is 0 Å². The summed E-state index contributed by atoms with van der Waals surface area (Å²) in [6.07, 6.45) is 7.92. The SMILES string of the molecule is CCC1CCC(N)C(N2CCCC(N(C)C)C2)C1. The number of likely N-dealkylation sites (tertiary alicyclic amines) is 1. The summed E-state index contributed by atoms with van der Waals surface area (Å²) in [5.74, 6) is 0.912. The number of likely N-dealkylation sites (N-methyl/N-ethyl adjacent to an activating group) is 1. The van der Waals surface area contributed by atoms with Crippen molar-refractivity contribution in [1.29, 1.82) is 0 Å². The molecule has 0 spiro atoms. The lowest BCUT2D eigenvalue weighted by Crippen LogP contribution is -2.56. The maximum Gasteiger partial charge on any atom is 0.0250 e. The molecule has 3 nitrogen and oxygen atoms in total. The Hall–Kier alpha value is -0.120. The van der Waals surface area contributed by atoms with E-state index in [1.165, 1.54) is 51.6 Å². The topological polar surface area (TPSA) is 32.5 Å². The first-order chi connectivity index (χ1) is 8.61. The van der Waals surface area contributed by atoms with Crippen molar-refractivity contribution in [2.24, 2.45) is 11.7 Å². The highest BCUT2D eigenvalue weighted by molar-refractivity contribution is 4.92. The van der Waals surface area contributed by atoms with Crippen LogP contribution in [0.1, 0.15) is 45.4 Å². The van der Waals surface area contributed by atoms with Crippen LogP contribution in [-0.4, -0.2) is 55.1 Å². The summed E-state index contributed by atoms with van der Waals surface area (Å²) >= 11 is 0. The molecule has 0 amide bonds. The Morgan fingerprint density at radius 2 is 2.00 bits per heavy atom. The van der Waals surface area contributed by atoms with Crippen LogP contribution in [0, 0.1) is 5.92 Å². The molecule has 2 N–H and O–H groups in total. The highest BCUT2D eigenvalue weighted by Crippen LogP contribution is 2.31. The molecule has 0 aromatic carbocycles. The van der Waals surface area contributed by atoms with E-state index in [9.17, 15) is 0 Å². The molecule has 1 aliphatic heterocycles. The Morgan fingerprint density at radius 3 is 2.67 bits per heavy atom. The van der Waals surface area contributed by atoms with Gasteiger partial charge in [-0.2, -0.15) is 0 Å². The third-order valence-electron chi connectivity index (χ3n) is 5.18. The van der Waals surface area contributed by atoms with E-state index in [2.05, 4.69) is 30.8 Å². The fraction of sp³-hybridized carbons (Fsp3) is 1.00. The second kappa shape index (κ2) is 6.36. The molecule has 1 aliphatic carbocycles. The minimum Gasteiger partial charge on any atom is -0.326 e. The van der Waals surface area contributed by atoms with Gasteiger partial charge in [0.15, 0.2) is 0 Å². The van der Waals surface area contributed by atoms with Crippen LogP contribution in [0.25, 0.3) is 0 Å². The molecule has 1 saturated carbocycles. The van der Waals surface area contributed by atoms with Crippen LogP contribution in [0.3, 0.4) is 0 Å². The van der Waals surface area contributed by atoms with Gasteiger partial charge in [0.2, 0.25) is 0 Å². The highest BCUT2D eigenvalue weighted by Gasteiger charge is 2.34. The van der Waals surface area contributed by atoms with Gasteiger partial charge in [-0.25, -0.2) is 0 Å². The van der Waals surface area contributed by atoms with Gasteiger partial charge in [0.25, 0.3) is 0 Å². The first-order valence-electron chi connectivity index (χ1n) is 7.77. The Kier molecular flexibility index (Phi) is 5.05. The van der Waals surface area contributed by atoms with Crippen molar-refractivity contribution in [1.82, 2.24) is 9.80 Å². The summed E-state index contributed by atoms with van der Waals surface area (Å²) in [6, 6.07) is 1.79. The number of nitrogens with zero attached hydrogens (tertiary/aromatic N) is 2. The molecule has 4 unspecified atom stereocenters. The Bertz CT molecular complexity index is 254. The van der Waals surface area contributed by atoms with Gasteiger partial charge < -0.3 is 10.6 Å². The zero-order valence-electron chi connectivity index (χ0n) is 12.4. The van der Waals surface area contributed by atoms with Gasteiger partial charge in [0.1, 0.15) is 0 Å². The summed E-state index contributed by atoms with van der Waals surface area (Å²) in [5, 5.41) is 0. The van der Waals surface area contributed by atoms with E-state index >= 15 is 0 Å². The smallest absolute Gasteiger partial charge is 0.0250 e. The molecule has 3 heteroatoms. The van der Waals surface area contributed by atoms with Crippen LogP contribution in [0.4, 0.5) is 0 Å². The fourth-order valence-electron chi connectivity index (χ4n) is 3.75. The normalized spacial score (nSPS) is 39.2. The van der Waals surface area contributed by atoms with E-state index in [0.717, 1.165) is 12.0 Å². The number of nitrogens with two attached hydrogens (primary N) is 1. The van der Waals surface area contributed by atoms with Crippen molar-refractivity contribution in [2.45, 2.75) is 63.6 Å². The quantitative estimate of drug-likeness (QED) is 0.834. The van der Waals surface area contributed by atoms with Gasteiger partial charge in [-0.3, -0.25) is 4.90 Å². The molecule has 0 aromatic rings. The van der Waals surface area contributed by atoms with Gasteiger partial charge in [-0.1, -0.05) is 13.3 Å². The summed E-state index contributed by atoms with van der Waals surface area (Å²) < 4.78 is 0. The highest BCUT2D eigenvalue weighted by atomic mass is 15.2. The van der Waals surface area contributed by atoms with Crippen LogP contribution in [0.2, 0.25) is 0 Å². The zero-order chi connectivity index (χ0) is 13.1. The monoisotopic (exact) mass is 253 g/mol. The molecule has 0 radical (unpaired) electrons. The van der Waals surface area contributed by atoms with Crippen LogP contribution < -0.4 is 5.73 Å². The van der Waals surface area contributed by atoms with Crippen LogP contribution in [0.15, 0.2) is 0 Å². The Balaban J connectivity index is 1.96. The van der Waals surface area contributed by atoms with E-state index in [0.29, 0.717) is 12.1 Å². The Morgan fingerprint density at radius 1 is 1.22 bits per heavy atom. The summed E-state index contributed by atoms with van der Waals surface area (Å²) in [5.41, 5.74) is 6.39. The second-order valence-electron chi connectivity index (χ2n) is 6.57.